The Morgan fingerprint density at radius 3 is 2.86 bits per heavy atom. The van der Waals surface area contributed by atoms with Crippen LogP contribution in [-0.4, -0.2) is 13.9 Å². The molecular formula is C11H13NO2. The van der Waals surface area contributed by atoms with Gasteiger partial charge in [0.25, 0.3) is 0 Å². The van der Waals surface area contributed by atoms with E-state index in [2.05, 4.69) is 6.07 Å². The molecule has 1 rings (SSSR count). The van der Waals surface area contributed by atoms with E-state index in [1.165, 1.54) is 0 Å². The monoisotopic (exact) mass is 191 g/mol. The number of ether oxygens (including phenoxy) is 2. The summed E-state index contributed by atoms with van der Waals surface area (Å²) < 4.78 is 10.2. The lowest BCUT2D eigenvalue weighted by Crippen LogP contribution is -2.00. The second-order valence-corrected chi connectivity index (χ2v) is 2.99. The summed E-state index contributed by atoms with van der Waals surface area (Å²) in [6.07, 6.45) is 0.406. The average Bonchev–Trinajstić information content (AvgIpc) is 2.19. The Morgan fingerprint density at radius 1 is 1.43 bits per heavy atom. The van der Waals surface area contributed by atoms with Gasteiger partial charge in [-0.05, 0) is 24.1 Å². The maximum atomic E-state index is 8.54. The molecule has 0 aliphatic rings. The number of rotatable bonds is 4. The van der Waals surface area contributed by atoms with E-state index in [9.17, 15) is 0 Å². The highest BCUT2D eigenvalue weighted by Crippen LogP contribution is 2.19. The summed E-state index contributed by atoms with van der Waals surface area (Å²) in [5.41, 5.74) is 2.01. The van der Waals surface area contributed by atoms with E-state index in [0.717, 1.165) is 16.9 Å². The molecule has 3 nitrogen and oxygen atoms in total. The van der Waals surface area contributed by atoms with E-state index in [-0.39, 0.29) is 6.79 Å². The Balaban J connectivity index is 2.80. The van der Waals surface area contributed by atoms with E-state index in [1.54, 1.807) is 7.11 Å². The molecule has 74 valence electrons. The maximum Gasteiger partial charge on any atom is 0.188 e. The maximum absolute atomic E-state index is 8.54. The Kier molecular flexibility index (Phi) is 3.96. The lowest BCUT2D eigenvalue weighted by atomic mass is 10.1. The van der Waals surface area contributed by atoms with Crippen LogP contribution in [-0.2, 0) is 11.2 Å². The lowest BCUT2D eigenvalue weighted by Gasteiger charge is -2.08. The minimum atomic E-state index is 0.233. The van der Waals surface area contributed by atoms with Crippen LogP contribution in [0.25, 0.3) is 0 Å². The number of aryl methyl sites for hydroxylation is 1. The molecule has 3 heteroatoms. The van der Waals surface area contributed by atoms with Crippen molar-refractivity contribution in [1.82, 2.24) is 0 Å². The summed E-state index contributed by atoms with van der Waals surface area (Å²) in [6.45, 7) is 2.19. The van der Waals surface area contributed by atoms with Gasteiger partial charge in [-0.3, -0.25) is 0 Å². The van der Waals surface area contributed by atoms with Crippen LogP contribution >= 0.6 is 0 Å². The number of nitriles is 1. The molecule has 0 fully saturated rings. The highest BCUT2D eigenvalue weighted by atomic mass is 16.7. The summed E-state index contributed by atoms with van der Waals surface area (Å²) >= 11 is 0. The number of methoxy groups -OCH3 is 1. The van der Waals surface area contributed by atoms with Crippen molar-refractivity contribution in [2.45, 2.75) is 13.3 Å². The molecule has 0 unspecified atom stereocenters. The predicted molar refractivity (Wildman–Crippen MR) is 53.0 cm³/mol. The molecule has 14 heavy (non-hydrogen) atoms. The molecule has 0 saturated heterocycles. The largest absolute Gasteiger partial charge is 0.467 e. The van der Waals surface area contributed by atoms with Crippen molar-refractivity contribution < 1.29 is 9.47 Å². The molecule has 0 radical (unpaired) electrons. The molecular weight excluding hydrogens is 178 g/mol. The fourth-order valence-corrected chi connectivity index (χ4v) is 1.12. The van der Waals surface area contributed by atoms with Gasteiger partial charge >= 0.3 is 0 Å². The summed E-state index contributed by atoms with van der Waals surface area (Å²) in [4.78, 5) is 0. The van der Waals surface area contributed by atoms with Crippen LogP contribution < -0.4 is 4.74 Å². The van der Waals surface area contributed by atoms with Gasteiger partial charge in [0, 0.05) is 7.11 Å². The summed E-state index contributed by atoms with van der Waals surface area (Å²) in [5, 5.41) is 8.54. The second kappa shape index (κ2) is 5.25. The third-order valence-corrected chi connectivity index (χ3v) is 1.87. The standard InChI is InChI=1S/C11H13NO2/c1-9-3-4-10(5-6-12)7-11(9)14-8-13-2/h3-4,7H,5,8H2,1-2H3. The highest BCUT2D eigenvalue weighted by molar-refractivity contribution is 5.37. The van der Waals surface area contributed by atoms with Crippen molar-refractivity contribution in [2.75, 3.05) is 13.9 Å². The van der Waals surface area contributed by atoms with Crippen LogP contribution in [0.2, 0.25) is 0 Å². The number of hydrogen-bond acceptors (Lipinski definition) is 3. The van der Waals surface area contributed by atoms with E-state index < -0.39 is 0 Å². The van der Waals surface area contributed by atoms with Crippen molar-refractivity contribution in [1.29, 1.82) is 5.26 Å². The fraction of sp³-hybridized carbons (Fsp3) is 0.364. The second-order valence-electron chi connectivity index (χ2n) is 2.99. The minimum absolute atomic E-state index is 0.233. The number of benzene rings is 1. The highest BCUT2D eigenvalue weighted by Gasteiger charge is 2.00. The van der Waals surface area contributed by atoms with Crippen molar-refractivity contribution in [3.63, 3.8) is 0 Å². The molecule has 0 aliphatic heterocycles. The minimum Gasteiger partial charge on any atom is -0.467 e. The summed E-state index contributed by atoms with van der Waals surface area (Å²) in [5.74, 6) is 0.777. The summed E-state index contributed by atoms with van der Waals surface area (Å²) in [6, 6.07) is 7.84. The molecule has 0 atom stereocenters. The molecule has 1 aromatic carbocycles. The molecule has 0 N–H and O–H groups in total. The van der Waals surface area contributed by atoms with Crippen LogP contribution in [0.1, 0.15) is 11.1 Å². The predicted octanol–water partition coefficient (Wildman–Crippen LogP) is 2.04. The first-order chi connectivity index (χ1) is 6.77. The van der Waals surface area contributed by atoms with Gasteiger partial charge in [0.1, 0.15) is 5.75 Å². The first-order valence-electron chi connectivity index (χ1n) is 4.36. The van der Waals surface area contributed by atoms with E-state index in [0.29, 0.717) is 6.42 Å². The van der Waals surface area contributed by atoms with Gasteiger partial charge in [0.15, 0.2) is 6.79 Å². The quantitative estimate of drug-likeness (QED) is 0.684. The Hall–Kier alpha value is -1.53. The fourth-order valence-electron chi connectivity index (χ4n) is 1.12. The first-order valence-corrected chi connectivity index (χ1v) is 4.36. The summed E-state index contributed by atoms with van der Waals surface area (Å²) in [7, 11) is 1.58. The molecule has 1 aromatic rings. The zero-order valence-electron chi connectivity index (χ0n) is 8.41. The Morgan fingerprint density at radius 2 is 2.21 bits per heavy atom. The van der Waals surface area contributed by atoms with E-state index in [1.807, 2.05) is 25.1 Å². The normalized spacial score (nSPS) is 9.50. The first kappa shape index (κ1) is 10.6. The van der Waals surface area contributed by atoms with Gasteiger partial charge in [0.05, 0.1) is 12.5 Å². The zero-order chi connectivity index (χ0) is 10.4. The van der Waals surface area contributed by atoms with Gasteiger partial charge in [-0.2, -0.15) is 5.26 Å². The van der Waals surface area contributed by atoms with Crippen molar-refractivity contribution >= 4 is 0 Å². The molecule has 0 heterocycles. The van der Waals surface area contributed by atoms with Crippen LogP contribution in [0.5, 0.6) is 5.75 Å². The number of nitrogens with zero attached hydrogens (tertiary/aromatic N) is 1. The smallest absolute Gasteiger partial charge is 0.188 e. The topological polar surface area (TPSA) is 42.2 Å². The SMILES string of the molecule is COCOc1cc(CC#N)ccc1C. The van der Waals surface area contributed by atoms with Crippen LogP contribution in [0.4, 0.5) is 0 Å². The van der Waals surface area contributed by atoms with Crippen LogP contribution in [0, 0.1) is 18.3 Å². The van der Waals surface area contributed by atoms with Crippen LogP contribution in [0.3, 0.4) is 0 Å². The van der Waals surface area contributed by atoms with E-state index >= 15 is 0 Å². The molecule has 0 aromatic heterocycles. The van der Waals surface area contributed by atoms with Gasteiger partial charge < -0.3 is 9.47 Å². The average molecular weight is 191 g/mol. The van der Waals surface area contributed by atoms with E-state index in [4.69, 9.17) is 14.7 Å². The lowest BCUT2D eigenvalue weighted by molar-refractivity contribution is 0.0506. The molecule has 0 aliphatic carbocycles. The molecule has 0 amide bonds. The number of hydrogen-bond donors (Lipinski definition) is 0. The third-order valence-electron chi connectivity index (χ3n) is 1.87. The van der Waals surface area contributed by atoms with Crippen molar-refractivity contribution in [3.8, 4) is 11.8 Å². The third kappa shape index (κ3) is 2.75. The molecule has 0 spiro atoms. The Labute approximate surface area is 83.9 Å². The van der Waals surface area contributed by atoms with Crippen molar-refractivity contribution in [3.05, 3.63) is 29.3 Å². The van der Waals surface area contributed by atoms with Crippen molar-refractivity contribution in [2.24, 2.45) is 0 Å². The van der Waals surface area contributed by atoms with Crippen LogP contribution in [0.15, 0.2) is 18.2 Å². The van der Waals surface area contributed by atoms with Gasteiger partial charge in [-0.1, -0.05) is 12.1 Å². The Bertz CT molecular complexity index is 342. The zero-order valence-corrected chi connectivity index (χ0v) is 8.41. The molecule has 0 bridgehead atoms. The van der Waals surface area contributed by atoms with Gasteiger partial charge in [0.2, 0.25) is 0 Å². The van der Waals surface area contributed by atoms with Gasteiger partial charge in [-0.15, -0.1) is 0 Å². The van der Waals surface area contributed by atoms with Gasteiger partial charge in [-0.25, -0.2) is 0 Å². The molecule has 0 saturated carbocycles.